The highest BCUT2D eigenvalue weighted by Gasteiger charge is 2.15. The van der Waals surface area contributed by atoms with E-state index < -0.39 is 9.84 Å². The quantitative estimate of drug-likeness (QED) is 0.837. The SMILES string of the molecule is CC(C)(C)CNCCS(=O)(=O)c1ccc(C#N)cc1. The summed E-state index contributed by atoms with van der Waals surface area (Å²) in [6.45, 7) is 7.48. The Labute approximate surface area is 115 Å². The van der Waals surface area contributed by atoms with E-state index in [1.54, 1.807) is 0 Å². The number of rotatable bonds is 5. The second kappa shape index (κ2) is 6.18. The highest BCUT2D eigenvalue weighted by molar-refractivity contribution is 7.91. The number of benzene rings is 1. The fraction of sp³-hybridized carbons (Fsp3) is 0.500. The first-order valence-corrected chi connectivity index (χ1v) is 7.83. The minimum absolute atomic E-state index is 0.0645. The monoisotopic (exact) mass is 280 g/mol. The average Bonchev–Trinajstić information content (AvgIpc) is 2.34. The van der Waals surface area contributed by atoms with Gasteiger partial charge in [0.25, 0.3) is 0 Å². The molecule has 0 radical (unpaired) electrons. The van der Waals surface area contributed by atoms with E-state index in [0.717, 1.165) is 6.54 Å². The Bertz CT molecular complexity index is 549. The summed E-state index contributed by atoms with van der Waals surface area (Å²) >= 11 is 0. The van der Waals surface area contributed by atoms with Gasteiger partial charge < -0.3 is 5.32 Å². The van der Waals surface area contributed by atoms with Crippen LogP contribution in [0.4, 0.5) is 0 Å². The Morgan fingerprint density at radius 2 is 1.79 bits per heavy atom. The molecule has 4 nitrogen and oxygen atoms in total. The molecule has 0 aliphatic rings. The van der Waals surface area contributed by atoms with Crippen LogP contribution in [-0.2, 0) is 9.84 Å². The van der Waals surface area contributed by atoms with Gasteiger partial charge in [-0.2, -0.15) is 5.26 Å². The van der Waals surface area contributed by atoms with Crippen LogP contribution in [0.3, 0.4) is 0 Å². The van der Waals surface area contributed by atoms with Crippen LogP contribution in [0.15, 0.2) is 29.2 Å². The Hall–Kier alpha value is -1.38. The van der Waals surface area contributed by atoms with E-state index in [0.29, 0.717) is 12.1 Å². The summed E-state index contributed by atoms with van der Waals surface area (Å²) in [5.74, 6) is 0.0645. The fourth-order valence-corrected chi connectivity index (χ4v) is 2.72. The van der Waals surface area contributed by atoms with Crippen molar-refractivity contribution in [2.75, 3.05) is 18.8 Å². The standard InChI is InChI=1S/C14H20N2O2S/c1-14(2,3)11-16-8-9-19(17,18)13-6-4-12(10-15)5-7-13/h4-7,16H,8-9,11H2,1-3H3. The minimum atomic E-state index is -3.27. The second-order valence-corrected chi connectivity index (χ2v) is 7.80. The summed E-state index contributed by atoms with van der Waals surface area (Å²) < 4.78 is 24.1. The lowest BCUT2D eigenvalue weighted by Gasteiger charge is -2.18. The Kier molecular flexibility index (Phi) is 5.10. The summed E-state index contributed by atoms with van der Waals surface area (Å²) in [7, 11) is -3.27. The molecule has 1 aromatic rings. The summed E-state index contributed by atoms with van der Waals surface area (Å²) in [6.07, 6.45) is 0. The maximum atomic E-state index is 12.0. The van der Waals surface area contributed by atoms with Crippen LogP contribution in [0, 0.1) is 16.7 Å². The van der Waals surface area contributed by atoms with Crippen molar-refractivity contribution in [1.29, 1.82) is 5.26 Å². The van der Waals surface area contributed by atoms with Gasteiger partial charge in [0.1, 0.15) is 0 Å². The Morgan fingerprint density at radius 3 is 2.26 bits per heavy atom. The summed E-state index contributed by atoms with van der Waals surface area (Å²) in [5.41, 5.74) is 0.600. The first-order valence-electron chi connectivity index (χ1n) is 6.18. The molecular weight excluding hydrogens is 260 g/mol. The number of nitriles is 1. The molecule has 5 heteroatoms. The van der Waals surface area contributed by atoms with Crippen LogP contribution in [0.1, 0.15) is 26.3 Å². The predicted octanol–water partition coefficient (Wildman–Crippen LogP) is 1.97. The molecule has 1 aromatic carbocycles. The van der Waals surface area contributed by atoms with Gasteiger partial charge >= 0.3 is 0 Å². The maximum Gasteiger partial charge on any atom is 0.179 e. The van der Waals surface area contributed by atoms with E-state index in [-0.39, 0.29) is 16.1 Å². The van der Waals surface area contributed by atoms with Crippen molar-refractivity contribution in [2.24, 2.45) is 5.41 Å². The average molecular weight is 280 g/mol. The molecule has 0 fully saturated rings. The molecule has 0 saturated heterocycles. The third-order valence-electron chi connectivity index (χ3n) is 2.55. The van der Waals surface area contributed by atoms with Crippen LogP contribution < -0.4 is 5.32 Å². The third kappa shape index (κ3) is 5.41. The smallest absolute Gasteiger partial charge is 0.179 e. The van der Waals surface area contributed by atoms with E-state index in [1.165, 1.54) is 24.3 Å². The van der Waals surface area contributed by atoms with Crippen LogP contribution in [-0.4, -0.2) is 27.3 Å². The number of hydrogen-bond acceptors (Lipinski definition) is 4. The van der Waals surface area contributed by atoms with Crippen molar-refractivity contribution in [3.05, 3.63) is 29.8 Å². The Balaban J connectivity index is 2.59. The summed E-state index contributed by atoms with van der Waals surface area (Å²) in [4.78, 5) is 0.268. The van der Waals surface area contributed by atoms with E-state index in [1.807, 2.05) is 6.07 Å². The normalized spacial score (nSPS) is 12.1. The third-order valence-corrected chi connectivity index (χ3v) is 4.28. The molecule has 0 aliphatic carbocycles. The van der Waals surface area contributed by atoms with Gasteiger partial charge in [-0.15, -0.1) is 0 Å². The van der Waals surface area contributed by atoms with Crippen molar-refractivity contribution in [3.8, 4) is 6.07 Å². The highest BCUT2D eigenvalue weighted by Crippen LogP contribution is 2.13. The van der Waals surface area contributed by atoms with Crippen LogP contribution in [0.5, 0.6) is 0 Å². The van der Waals surface area contributed by atoms with E-state index in [2.05, 4.69) is 26.1 Å². The predicted molar refractivity (Wildman–Crippen MR) is 75.5 cm³/mol. The lowest BCUT2D eigenvalue weighted by Crippen LogP contribution is -2.30. The Morgan fingerprint density at radius 1 is 1.21 bits per heavy atom. The van der Waals surface area contributed by atoms with Gasteiger partial charge in [-0.3, -0.25) is 0 Å². The molecule has 19 heavy (non-hydrogen) atoms. The first kappa shape index (κ1) is 15.7. The molecule has 0 unspecified atom stereocenters. The van der Waals surface area contributed by atoms with Crippen molar-refractivity contribution in [3.63, 3.8) is 0 Å². The van der Waals surface area contributed by atoms with Gasteiger partial charge in [-0.1, -0.05) is 20.8 Å². The molecule has 0 amide bonds. The summed E-state index contributed by atoms with van der Waals surface area (Å²) in [6, 6.07) is 7.98. The largest absolute Gasteiger partial charge is 0.315 e. The number of nitrogens with one attached hydrogen (secondary N) is 1. The number of hydrogen-bond donors (Lipinski definition) is 1. The molecular formula is C14H20N2O2S. The van der Waals surface area contributed by atoms with Gasteiger partial charge in [-0.05, 0) is 29.7 Å². The zero-order valence-electron chi connectivity index (χ0n) is 11.6. The zero-order valence-corrected chi connectivity index (χ0v) is 12.4. The second-order valence-electron chi connectivity index (χ2n) is 5.69. The topological polar surface area (TPSA) is 70.0 Å². The van der Waals surface area contributed by atoms with E-state index in [9.17, 15) is 8.42 Å². The highest BCUT2D eigenvalue weighted by atomic mass is 32.2. The lowest BCUT2D eigenvalue weighted by atomic mass is 9.97. The summed E-state index contributed by atoms with van der Waals surface area (Å²) in [5, 5.41) is 11.8. The first-order chi connectivity index (χ1) is 8.74. The van der Waals surface area contributed by atoms with Gasteiger partial charge in [0, 0.05) is 13.1 Å². The van der Waals surface area contributed by atoms with Crippen molar-refractivity contribution >= 4 is 9.84 Å². The van der Waals surface area contributed by atoms with Crippen LogP contribution in [0.25, 0.3) is 0 Å². The van der Waals surface area contributed by atoms with Crippen LogP contribution in [0.2, 0.25) is 0 Å². The van der Waals surface area contributed by atoms with Crippen molar-refractivity contribution in [2.45, 2.75) is 25.7 Å². The maximum absolute atomic E-state index is 12.0. The van der Waals surface area contributed by atoms with Crippen LogP contribution >= 0.6 is 0 Å². The molecule has 0 saturated carbocycles. The number of sulfone groups is 1. The van der Waals surface area contributed by atoms with Gasteiger partial charge in [0.05, 0.1) is 22.3 Å². The van der Waals surface area contributed by atoms with E-state index in [4.69, 9.17) is 5.26 Å². The zero-order chi connectivity index (χ0) is 14.5. The van der Waals surface area contributed by atoms with Gasteiger partial charge in [-0.25, -0.2) is 8.42 Å². The number of nitrogens with zero attached hydrogens (tertiary/aromatic N) is 1. The van der Waals surface area contributed by atoms with Gasteiger partial charge in [0.15, 0.2) is 9.84 Å². The molecule has 104 valence electrons. The molecule has 0 atom stereocenters. The molecule has 0 aliphatic heterocycles. The molecule has 0 spiro atoms. The minimum Gasteiger partial charge on any atom is -0.315 e. The fourth-order valence-electron chi connectivity index (χ4n) is 1.52. The molecule has 1 rings (SSSR count). The van der Waals surface area contributed by atoms with Crippen molar-refractivity contribution < 1.29 is 8.42 Å². The molecule has 0 aromatic heterocycles. The van der Waals surface area contributed by atoms with Crippen molar-refractivity contribution in [1.82, 2.24) is 5.32 Å². The molecule has 1 N–H and O–H groups in total. The van der Waals surface area contributed by atoms with E-state index >= 15 is 0 Å². The molecule has 0 heterocycles. The molecule has 0 bridgehead atoms. The van der Waals surface area contributed by atoms with Gasteiger partial charge in [0.2, 0.25) is 0 Å². The lowest BCUT2D eigenvalue weighted by molar-refractivity contribution is 0.385.